The SMILES string of the molecule is c1ccc(C[C@H]2c3ccccc3-c3cc(-c4ccc5c(c4)c4cc(-c6nc(-c7ccccc7)nc(-c7ccccc7)n6)ccc4n5-c4ccccc4)ccc32)cc1. The molecule has 4 heteroatoms. The molecule has 0 saturated heterocycles. The van der Waals surface area contributed by atoms with E-state index >= 15 is 0 Å². The summed E-state index contributed by atoms with van der Waals surface area (Å²) in [4.78, 5) is 15.1. The Morgan fingerprint density at radius 3 is 1.49 bits per heavy atom. The van der Waals surface area contributed by atoms with Crippen LogP contribution in [-0.4, -0.2) is 19.5 Å². The lowest BCUT2D eigenvalue weighted by Gasteiger charge is -2.14. The molecule has 0 amide bonds. The van der Waals surface area contributed by atoms with Gasteiger partial charge in [0.1, 0.15) is 0 Å². The van der Waals surface area contributed by atoms with E-state index in [4.69, 9.17) is 15.0 Å². The Morgan fingerprint density at radius 1 is 0.368 bits per heavy atom. The zero-order chi connectivity index (χ0) is 37.7. The molecule has 2 aromatic heterocycles. The van der Waals surface area contributed by atoms with Crippen molar-refractivity contribution in [3.05, 3.63) is 217 Å². The fourth-order valence-corrected chi connectivity index (χ4v) is 8.69. The maximum Gasteiger partial charge on any atom is 0.164 e. The fourth-order valence-electron chi connectivity index (χ4n) is 8.69. The first-order valence-electron chi connectivity index (χ1n) is 19.5. The van der Waals surface area contributed by atoms with Gasteiger partial charge in [0, 0.05) is 39.1 Å². The molecule has 0 bridgehead atoms. The molecule has 1 aliphatic rings. The largest absolute Gasteiger partial charge is 0.309 e. The van der Waals surface area contributed by atoms with Crippen LogP contribution in [0.5, 0.6) is 0 Å². The van der Waals surface area contributed by atoms with E-state index in [0.29, 0.717) is 23.4 Å². The monoisotopic (exact) mass is 728 g/mol. The minimum absolute atomic E-state index is 0.331. The van der Waals surface area contributed by atoms with Gasteiger partial charge >= 0.3 is 0 Å². The first-order valence-corrected chi connectivity index (χ1v) is 19.5. The number of rotatable bonds is 7. The average Bonchev–Trinajstić information content (AvgIpc) is 3.78. The molecular formula is C53H36N4. The Morgan fingerprint density at radius 2 is 0.842 bits per heavy atom. The van der Waals surface area contributed by atoms with E-state index in [-0.39, 0.29) is 0 Å². The lowest BCUT2D eigenvalue weighted by Crippen LogP contribution is -2.01. The minimum atomic E-state index is 0.331. The Bertz CT molecular complexity index is 3020. The fraction of sp³-hybridized carbons (Fsp3) is 0.0377. The molecule has 0 spiro atoms. The van der Waals surface area contributed by atoms with Crippen LogP contribution in [0.3, 0.4) is 0 Å². The van der Waals surface area contributed by atoms with Gasteiger partial charge in [-0.2, -0.15) is 0 Å². The zero-order valence-electron chi connectivity index (χ0n) is 31.1. The minimum Gasteiger partial charge on any atom is -0.309 e. The summed E-state index contributed by atoms with van der Waals surface area (Å²) in [6, 6.07) is 71.3. The predicted molar refractivity (Wildman–Crippen MR) is 233 cm³/mol. The topological polar surface area (TPSA) is 43.6 Å². The Hall–Kier alpha value is -7.43. The molecule has 10 aromatic rings. The van der Waals surface area contributed by atoms with Gasteiger partial charge in [0.2, 0.25) is 0 Å². The lowest BCUT2D eigenvalue weighted by atomic mass is 9.89. The molecule has 0 radical (unpaired) electrons. The van der Waals surface area contributed by atoms with Crippen molar-refractivity contribution in [1.82, 2.24) is 19.5 Å². The molecule has 0 saturated carbocycles. The highest BCUT2D eigenvalue weighted by molar-refractivity contribution is 6.11. The predicted octanol–water partition coefficient (Wildman–Crippen LogP) is 13.0. The summed E-state index contributed by atoms with van der Waals surface area (Å²) in [7, 11) is 0. The van der Waals surface area contributed by atoms with Crippen LogP contribution < -0.4 is 0 Å². The molecule has 0 aliphatic heterocycles. The summed E-state index contributed by atoms with van der Waals surface area (Å²) in [6.07, 6.45) is 0.984. The van der Waals surface area contributed by atoms with E-state index in [1.807, 2.05) is 60.7 Å². The molecule has 1 aliphatic carbocycles. The summed E-state index contributed by atoms with van der Waals surface area (Å²) >= 11 is 0. The second-order valence-electron chi connectivity index (χ2n) is 14.8. The van der Waals surface area contributed by atoms with Gasteiger partial charge in [-0.05, 0) is 93.9 Å². The maximum absolute atomic E-state index is 5.07. The van der Waals surface area contributed by atoms with Crippen molar-refractivity contribution in [2.24, 2.45) is 0 Å². The smallest absolute Gasteiger partial charge is 0.164 e. The lowest BCUT2D eigenvalue weighted by molar-refractivity contribution is 0.827. The number of benzene rings is 8. The average molecular weight is 729 g/mol. The van der Waals surface area contributed by atoms with Crippen LogP contribution in [0.1, 0.15) is 22.6 Å². The van der Waals surface area contributed by atoms with Crippen molar-refractivity contribution >= 4 is 21.8 Å². The van der Waals surface area contributed by atoms with Crippen molar-refractivity contribution in [1.29, 1.82) is 0 Å². The van der Waals surface area contributed by atoms with Crippen LogP contribution in [-0.2, 0) is 6.42 Å². The summed E-state index contributed by atoms with van der Waals surface area (Å²) < 4.78 is 2.36. The Balaban J connectivity index is 1.07. The molecule has 268 valence electrons. The van der Waals surface area contributed by atoms with E-state index < -0.39 is 0 Å². The maximum atomic E-state index is 5.07. The number of hydrogen-bond donors (Lipinski definition) is 0. The molecular weight excluding hydrogens is 693 g/mol. The Kier molecular flexibility index (Phi) is 7.92. The van der Waals surface area contributed by atoms with Crippen molar-refractivity contribution in [2.75, 3.05) is 0 Å². The van der Waals surface area contributed by atoms with Gasteiger partial charge in [0.25, 0.3) is 0 Å². The molecule has 0 N–H and O–H groups in total. The van der Waals surface area contributed by atoms with Crippen LogP contribution in [0, 0.1) is 0 Å². The molecule has 0 unspecified atom stereocenters. The van der Waals surface area contributed by atoms with Crippen molar-refractivity contribution in [3.8, 4) is 62.1 Å². The van der Waals surface area contributed by atoms with Gasteiger partial charge < -0.3 is 4.57 Å². The summed E-state index contributed by atoms with van der Waals surface area (Å²) in [5.74, 6) is 2.27. The summed E-state index contributed by atoms with van der Waals surface area (Å²) in [5.41, 5.74) is 15.5. The van der Waals surface area contributed by atoms with Gasteiger partial charge in [-0.25, -0.2) is 15.0 Å². The number of hydrogen-bond acceptors (Lipinski definition) is 3. The first kappa shape index (κ1) is 33.0. The zero-order valence-corrected chi connectivity index (χ0v) is 31.1. The number of fused-ring (bicyclic) bond motifs is 6. The van der Waals surface area contributed by atoms with Crippen molar-refractivity contribution in [3.63, 3.8) is 0 Å². The van der Waals surface area contributed by atoms with Gasteiger partial charge in [0.15, 0.2) is 17.5 Å². The highest BCUT2D eigenvalue weighted by Gasteiger charge is 2.29. The normalized spacial score (nSPS) is 13.2. The quantitative estimate of drug-likeness (QED) is 0.164. The van der Waals surface area contributed by atoms with E-state index in [0.717, 1.165) is 45.2 Å². The summed E-state index contributed by atoms with van der Waals surface area (Å²) in [6.45, 7) is 0. The van der Waals surface area contributed by atoms with Crippen LogP contribution in [0.25, 0.3) is 83.9 Å². The molecule has 4 nitrogen and oxygen atoms in total. The van der Waals surface area contributed by atoms with Crippen LogP contribution in [0.2, 0.25) is 0 Å². The second-order valence-corrected chi connectivity index (χ2v) is 14.8. The van der Waals surface area contributed by atoms with Crippen LogP contribution in [0.4, 0.5) is 0 Å². The molecule has 0 fully saturated rings. The number of aromatic nitrogens is 4. The molecule has 1 atom stereocenters. The standard InChI is InChI=1S/C53H36N4/c1-5-15-35(16-6-1)31-45-42-23-13-14-24-43(42)46-32-38(25-28-44(45)46)39-26-29-49-47(33-39)48-34-40(27-30-50(48)57(49)41-21-11-4-12-22-41)53-55-51(36-17-7-2-8-18-36)54-52(56-53)37-19-9-3-10-20-37/h1-30,32-34,45H,31H2/t45-/m0/s1. The third-order valence-electron chi connectivity index (χ3n) is 11.4. The number of nitrogens with zero attached hydrogens (tertiary/aromatic N) is 4. The highest BCUT2D eigenvalue weighted by Crippen LogP contribution is 2.48. The van der Waals surface area contributed by atoms with E-state index in [1.54, 1.807) is 0 Å². The first-order chi connectivity index (χ1) is 28.2. The van der Waals surface area contributed by atoms with E-state index in [9.17, 15) is 0 Å². The van der Waals surface area contributed by atoms with Gasteiger partial charge in [-0.1, -0.05) is 152 Å². The third kappa shape index (κ3) is 5.82. The third-order valence-corrected chi connectivity index (χ3v) is 11.4. The molecule has 11 rings (SSSR count). The highest BCUT2D eigenvalue weighted by atomic mass is 15.0. The second kappa shape index (κ2) is 13.7. The van der Waals surface area contributed by atoms with Crippen LogP contribution in [0.15, 0.2) is 200 Å². The molecule has 2 heterocycles. The van der Waals surface area contributed by atoms with Crippen LogP contribution >= 0.6 is 0 Å². The van der Waals surface area contributed by atoms with Crippen molar-refractivity contribution < 1.29 is 0 Å². The van der Waals surface area contributed by atoms with E-state index in [2.05, 4.69) is 144 Å². The number of para-hydroxylation sites is 1. The van der Waals surface area contributed by atoms with Gasteiger partial charge in [-0.15, -0.1) is 0 Å². The Labute approximate surface area is 331 Å². The summed E-state index contributed by atoms with van der Waals surface area (Å²) in [5, 5.41) is 2.32. The van der Waals surface area contributed by atoms with Gasteiger partial charge in [-0.3, -0.25) is 0 Å². The van der Waals surface area contributed by atoms with Crippen molar-refractivity contribution in [2.45, 2.75) is 12.3 Å². The molecule has 8 aromatic carbocycles. The van der Waals surface area contributed by atoms with E-state index in [1.165, 1.54) is 44.3 Å². The van der Waals surface area contributed by atoms with Gasteiger partial charge in [0.05, 0.1) is 11.0 Å². The molecule has 57 heavy (non-hydrogen) atoms.